The highest BCUT2D eigenvalue weighted by Crippen LogP contribution is 2.02. The zero-order chi connectivity index (χ0) is 9.68. The fourth-order valence-electron chi connectivity index (χ4n) is 0.981. The van der Waals surface area contributed by atoms with Gasteiger partial charge in [-0.2, -0.15) is 0 Å². The molecule has 0 aliphatic heterocycles. The van der Waals surface area contributed by atoms with E-state index in [-0.39, 0.29) is 5.56 Å². The van der Waals surface area contributed by atoms with Gasteiger partial charge in [-0.3, -0.25) is 4.79 Å². The second-order valence-electron chi connectivity index (χ2n) is 2.26. The number of nitrogens with one attached hydrogen (secondary N) is 1. The molecule has 0 aliphatic carbocycles. The highest BCUT2D eigenvalue weighted by atomic mass is 16.1. The van der Waals surface area contributed by atoms with Crippen molar-refractivity contribution in [3.05, 3.63) is 40.8 Å². The Bertz CT molecular complexity index is 434. The van der Waals surface area contributed by atoms with Gasteiger partial charge in [0.15, 0.2) is 0 Å². The van der Waals surface area contributed by atoms with Crippen LogP contribution in [0.1, 0.15) is 13.8 Å². The van der Waals surface area contributed by atoms with Crippen LogP contribution >= 0.6 is 0 Å². The molecule has 0 atom stereocenters. The third-order valence-corrected chi connectivity index (χ3v) is 1.49. The average Bonchev–Trinajstić information content (AvgIpc) is 2.21. The van der Waals surface area contributed by atoms with Gasteiger partial charge in [0.1, 0.15) is 5.65 Å². The lowest BCUT2D eigenvalue weighted by Gasteiger charge is -1.92. The number of aromatic amines is 1. The first-order valence-corrected chi connectivity index (χ1v) is 4.30. The third-order valence-electron chi connectivity index (χ3n) is 1.49. The molecular formula is C10H12N2O. The molecule has 0 radical (unpaired) electrons. The minimum Gasteiger partial charge on any atom is -0.307 e. The number of fused-ring (bicyclic) bond motifs is 1. The number of pyridine rings is 2. The Balaban J connectivity index is 0.000000396. The summed E-state index contributed by atoms with van der Waals surface area (Å²) in [6.07, 6.45) is 1.65. The summed E-state index contributed by atoms with van der Waals surface area (Å²) in [4.78, 5) is 17.4. The Labute approximate surface area is 76.4 Å². The maximum absolute atomic E-state index is 10.8. The topological polar surface area (TPSA) is 45.8 Å². The van der Waals surface area contributed by atoms with E-state index >= 15 is 0 Å². The van der Waals surface area contributed by atoms with E-state index in [4.69, 9.17) is 0 Å². The third kappa shape index (κ3) is 2.15. The van der Waals surface area contributed by atoms with Crippen LogP contribution in [0, 0.1) is 0 Å². The van der Waals surface area contributed by atoms with Crippen LogP contribution < -0.4 is 5.56 Å². The van der Waals surface area contributed by atoms with Gasteiger partial charge in [0.25, 0.3) is 0 Å². The summed E-state index contributed by atoms with van der Waals surface area (Å²) in [5.74, 6) is 0. The molecule has 3 heteroatoms. The van der Waals surface area contributed by atoms with Gasteiger partial charge in [-0.15, -0.1) is 0 Å². The van der Waals surface area contributed by atoms with Crippen molar-refractivity contribution in [2.75, 3.05) is 0 Å². The summed E-state index contributed by atoms with van der Waals surface area (Å²) in [7, 11) is 0. The molecule has 0 spiro atoms. The first-order chi connectivity index (χ1) is 6.36. The Morgan fingerprint density at radius 2 is 2.00 bits per heavy atom. The average molecular weight is 176 g/mol. The van der Waals surface area contributed by atoms with E-state index in [1.807, 2.05) is 26.0 Å². The van der Waals surface area contributed by atoms with E-state index in [1.54, 1.807) is 12.3 Å². The molecule has 0 aliphatic rings. The zero-order valence-electron chi connectivity index (χ0n) is 7.74. The Hall–Kier alpha value is -1.64. The van der Waals surface area contributed by atoms with E-state index in [0.717, 1.165) is 5.39 Å². The van der Waals surface area contributed by atoms with Crippen LogP contribution in [0.5, 0.6) is 0 Å². The maximum Gasteiger partial charge on any atom is 0.249 e. The largest absolute Gasteiger partial charge is 0.307 e. The van der Waals surface area contributed by atoms with Crippen LogP contribution in [0.15, 0.2) is 35.3 Å². The smallest absolute Gasteiger partial charge is 0.249 e. The van der Waals surface area contributed by atoms with Gasteiger partial charge in [0.05, 0.1) is 0 Å². The Kier molecular flexibility index (Phi) is 3.20. The highest BCUT2D eigenvalue weighted by Gasteiger charge is 1.90. The van der Waals surface area contributed by atoms with Crippen molar-refractivity contribution < 1.29 is 0 Å². The Morgan fingerprint density at radius 3 is 2.77 bits per heavy atom. The van der Waals surface area contributed by atoms with Crippen LogP contribution in [0.3, 0.4) is 0 Å². The molecule has 1 N–H and O–H groups in total. The zero-order valence-corrected chi connectivity index (χ0v) is 7.74. The normalized spacial score (nSPS) is 9.08. The Morgan fingerprint density at radius 1 is 1.23 bits per heavy atom. The van der Waals surface area contributed by atoms with Crippen LogP contribution in [0.4, 0.5) is 0 Å². The first kappa shape index (κ1) is 9.45. The van der Waals surface area contributed by atoms with Crippen LogP contribution in [0.25, 0.3) is 11.0 Å². The lowest BCUT2D eigenvalue weighted by Crippen LogP contribution is -2.02. The molecule has 2 rings (SSSR count). The van der Waals surface area contributed by atoms with E-state index in [2.05, 4.69) is 9.97 Å². The number of H-pyrrole nitrogens is 1. The molecule has 2 heterocycles. The monoisotopic (exact) mass is 176 g/mol. The van der Waals surface area contributed by atoms with E-state index in [0.29, 0.717) is 5.65 Å². The van der Waals surface area contributed by atoms with Crippen molar-refractivity contribution in [1.29, 1.82) is 0 Å². The van der Waals surface area contributed by atoms with Gasteiger partial charge in [-0.05, 0) is 18.2 Å². The van der Waals surface area contributed by atoms with Gasteiger partial charge >= 0.3 is 0 Å². The van der Waals surface area contributed by atoms with Gasteiger partial charge < -0.3 is 4.98 Å². The summed E-state index contributed by atoms with van der Waals surface area (Å²) in [5.41, 5.74) is 0.524. The fraction of sp³-hybridized carbons (Fsp3) is 0.200. The molecule has 0 saturated heterocycles. The van der Waals surface area contributed by atoms with E-state index in [9.17, 15) is 4.79 Å². The molecule has 0 saturated carbocycles. The summed E-state index contributed by atoms with van der Waals surface area (Å²) < 4.78 is 0. The van der Waals surface area contributed by atoms with E-state index in [1.165, 1.54) is 6.07 Å². The lowest BCUT2D eigenvalue weighted by molar-refractivity contribution is 1.23. The van der Waals surface area contributed by atoms with Gasteiger partial charge in [-0.25, -0.2) is 4.98 Å². The number of hydrogen-bond acceptors (Lipinski definition) is 2. The second kappa shape index (κ2) is 4.40. The molecule has 0 bridgehead atoms. The van der Waals surface area contributed by atoms with Crippen molar-refractivity contribution in [2.45, 2.75) is 13.8 Å². The number of nitrogens with zero attached hydrogens (tertiary/aromatic N) is 1. The predicted octanol–water partition coefficient (Wildman–Crippen LogP) is 1.95. The molecule has 0 unspecified atom stereocenters. The summed E-state index contributed by atoms with van der Waals surface area (Å²) in [5, 5.41) is 0.951. The standard InChI is InChI=1S/C8H6N2O.C2H6/c11-7-4-3-6-2-1-5-9-8(6)10-7;1-2/h1-5H,(H,9,10,11);1-2H3. The highest BCUT2D eigenvalue weighted by molar-refractivity contribution is 5.73. The van der Waals surface area contributed by atoms with Gasteiger partial charge in [-0.1, -0.05) is 13.8 Å². The van der Waals surface area contributed by atoms with Crippen molar-refractivity contribution >= 4 is 11.0 Å². The van der Waals surface area contributed by atoms with Gasteiger partial charge in [0, 0.05) is 17.6 Å². The molecule has 68 valence electrons. The van der Waals surface area contributed by atoms with Gasteiger partial charge in [0.2, 0.25) is 5.56 Å². The molecule has 2 aromatic rings. The fourth-order valence-corrected chi connectivity index (χ4v) is 0.981. The maximum atomic E-state index is 10.8. The predicted molar refractivity (Wildman–Crippen MR) is 53.7 cm³/mol. The number of rotatable bonds is 0. The first-order valence-electron chi connectivity index (χ1n) is 4.30. The van der Waals surface area contributed by atoms with Crippen LogP contribution in [-0.4, -0.2) is 9.97 Å². The van der Waals surface area contributed by atoms with Crippen LogP contribution in [-0.2, 0) is 0 Å². The number of aromatic nitrogens is 2. The summed E-state index contributed by atoms with van der Waals surface area (Å²) in [6, 6.07) is 6.98. The van der Waals surface area contributed by atoms with Crippen LogP contribution in [0.2, 0.25) is 0 Å². The molecule has 2 aromatic heterocycles. The molecule has 0 fully saturated rings. The second-order valence-corrected chi connectivity index (χ2v) is 2.26. The van der Waals surface area contributed by atoms with E-state index < -0.39 is 0 Å². The molecule has 0 amide bonds. The number of hydrogen-bond donors (Lipinski definition) is 1. The van der Waals surface area contributed by atoms with Crippen molar-refractivity contribution in [3.8, 4) is 0 Å². The molecular weight excluding hydrogens is 164 g/mol. The molecule has 13 heavy (non-hydrogen) atoms. The minimum absolute atomic E-state index is 0.115. The molecule has 3 nitrogen and oxygen atoms in total. The lowest BCUT2D eigenvalue weighted by atomic mass is 10.3. The SMILES string of the molecule is CC.O=c1ccc2cccnc2[nH]1. The minimum atomic E-state index is -0.115. The van der Waals surface area contributed by atoms with Crippen molar-refractivity contribution in [2.24, 2.45) is 0 Å². The quantitative estimate of drug-likeness (QED) is 0.666. The summed E-state index contributed by atoms with van der Waals surface area (Å²) >= 11 is 0. The molecule has 0 aromatic carbocycles. The van der Waals surface area contributed by atoms with Crippen molar-refractivity contribution in [3.63, 3.8) is 0 Å². The van der Waals surface area contributed by atoms with Crippen molar-refractivity contribution in [1.82, 2.24) is 9.97 Å². The summed E-state index contributed by atoms with van der Waals surface area (Å²) in [6.45, 7) is 4.00.